The van der Waals surface area contributed by atoms with E-state index in [-0.39, 0.29) is 17.6 Å². The Kier molecular flexibility index (Phi) is 4.97. The number of carbonyl (C=O) groups excluding carboxylic acids is 1. The molecule has 1 saturated heterocycles. The van der Waals surface area contributed by atoms with Gasteiger partial charge in [0.15, 0.2) is 0 Å². The number of pyridine rings is 1. The van der Waals surface area contributed by atoms with Crippen LogP contribution in [-0.2, 0) is 6.54 Å². The second-order valence-electron chi connectivity index (χ2n) is 5.73. The van der Waals surface area contributed by atoms with Crippen LogP contribution in [0.2, 0.25) is 5.02 Å². The molecule has 1 aromatic heterocycles. The van der Waals surface area contributed by atoms with Crippen molar-refractivity contribution >= 4 is 23.2 Å². The first kappa shape index (κ1) is 16.7. The highest BCUT2D eigenvalue weighted by molar-refractivity contribution is 6.31. The van der Waals surface area contributed by atoms with Crippen molar-refractivity contribution in [2.24, 2.45) is 5.73 Å². The number of nitrogens with zero attached hydrogens (tertiary/aromatic N) is 2. The van der Waals surface area contributed by atoms with Gasteiger partial charge in [-0.3, -0.25) is 4.79 Å². The second kappa shape index (κ2) is 7.15. The smallest absolute Gasteiger partial charge is 0.270 e. The zero-order chi connectivity index (χ0) is 17.1. The van der Waals surface area contributed by atoms with Crippen LogP contribution in [0.1, 0.15) is 22.5 Å². The summed E-state index contributed by atoms with van der Waals surface area (Å²) in [7, 11) is 0. The van der Waals surface area contributed by atoms with E-state index in [0.717, 1.165) is 24.2 Å². The van der Waals surface area contributed by atoms with Crippen LogP contribution in [-0.4, -0.2) is 30.0 Å². The van der Waals surface area contributed by atoms with Gasteiger partial charge in [0.1, 0.15) is 5.69 Å². The number of benzene rings is 1. The molecule has 0 bridgehead atoms. The Hall–Kier alpha value is -2.18. The molecule has 0 radical (unpaired) electrons. The second-order valence-corrected chi connectivity index (χ2v) is 6.14. The lowest BCUT2D eigenvalue weighted by Gasteiger charge is -2.20. The van der Waals surface area contributed by atoms with E-state index in [9.17, 15) is 9.18 Å². The van der Waals surface area contributed by atoms with Gasteiger partial charge in [-0.05, 0) is 36.2 Å². The summed E-state index contributed by atoms with van der Waals surface area (Å²) < 4.78 is 13.1. The van der Waals surface area contributed by atoms with Gasteiger partial charge in [0.2, 0.25) is 5.95 Å². The van der Waals surface area contributed by atoms with Crippen LogP contribution in [0.3, 0.4) is 0 Å². The number of amides is 1. The fourth-order valence-electron chi connectivity index (χ4n) is 2.81. The molecule has 1 amide bonds. The summed E-state index contributed by atoms with van der Waals surface area (Å²) in [6, 6.07) is 9.95. The normalized spacial score (nSPS) is 17.1. The lowest BCUT2D eigenvalue weighted by atomic mass is 10.2. The molecule has 7 heteroatoms. The number of aromatic nitrogens is 1. The van der Waals surface area contributed by atoms with E-state index in [1.54, 1.807) is 0 Å². The summed E-state index contributed by atoms with van der Waals surface area (Å²) in [6.07, 6.45) is 0.803. The van der Waals surface area contributed by atoms with Crippen LogP contribution in [0, 0.1) is 5.95 Å². The molecule has 0 aliphatic carbocycles. The highest BCUT2D eigenvalue weighted by atomic mass is 35.5. The maximum Gasteiger partial charge on any atom is 0.270 e. The highest BCUT2D eigenvalue weighted by Gasteiger charge is 2.25. The van der Waals surface area contributed by atoms with Gasteiger partial charge < -0.3 is 16.0 Å². The van der Waals surface area contributed by atoms with Gasteiger partial charge in [-0.15, -0.1) is 0 Å². The van der Waals surface area contributed by atoms with E-state index >= 15 is 0 Å². The first-order valence-corrected chi connectivity index (χ1v) is 8.11. The molecule has 2 aromatic rings. The van der Waals surface area contributed by atoms with Crippen LogP contribution in [0.25, 0.3) is 0 Å². The minimum atomic E-state index is -0.662. The number of nitrogens with two attached hydrogens (primary N) is 1. The number of anilines is 1. The molecule has 1 aliphatic rings. The summed E-state index contributed by atoms with van der Waals surface area (Å²) in [5, 5.41) is 3.54. The average molecular weight is 349 g/mol. The molecule has 3 N–H and O–H groups in total. The predicted octanol–water partition coefficient (Wildman–Crippen LogP) is 2.34. The zero-order valence-corrected chi connectivity index (χ0v) is 13.8. The fourth-order valence-corrected chi connectivity index (χ4v) is 3.06. The summed E-state index contributed by atoms with van der Waals surface area (Å²) in [4.78, 5) is 17.9. The van der Waals surface area contributed by atoms with E-state index in [0.29, 0.717) is 18.1 Å². The van der Waals surface area contributed by atoms with Crippen molar-refractivity contribution in [3.05, 3.63) is 58.6 Å². The Morgan fingerprint density at radius 1 is 1.42 bits per heavy atom. The Labute approximate surface area is 144 Å². The summed E-state index contributed by atoms with van der Waals surface area (Å²) in [5.41, 5.74) is 7.61. The van der Waals surface area contributed by atoms with Crippen molar-refractivity contribution in [2.45, 2.75) is 19.0 Å². The summed E-state index contributed by atoms with van der Waals surface area (Å²) >= 11 is 6.20. The maximum absolute atomic E-state index is 13.1. The van der Waals surface area contributed by atoms with Crippen molar-refractivity contribution < 1.29 is 9.18 Å². The molecule has 2 heterocycles. The third-order valence-electron chi connectivity index (χ3n) is 4.09. The van der Waals surface area contributed by atoms with E-state index in [2.05, 4.69) is 15.2 Å². The van der Waals surface area contributed by atoms with Crippen molar-refractivity contribution in [3.8, 4) is 0 Å². The number of carbonyl (C=O) groups is 1. The lowest BCUT2D eigenvalue weighted by Crippen LogP contribution is -2.37. The van der Waals surface area contributed by atoms with Gasteiger partial charge in [-0.25, -0.2) is 4.98 Å². The molecule has 3 rings (SSSR count). The van der Waals surface area contributed by atoms with Crippen LogP contribution in [0.5, 0.6) is 0 Å². The van der Waals surface area contributed by atoms with Gasteiger partial charge in [0, 0.05) is 36.4 Å². The van der Waals surface area contributed by atoms with Crippen LogP contribution in [0.15, 0.2) is 36.4 Å². The average Bonchev–Trinajstić information content (AvgIpc) is 3.03. The summed E-state index contributed by atoms with van der Waals surface area (Å²) in [5.74, 6) is -1.02. The van der Waals surface area contributed by atoms with Crippen molar-refractivity contribution in [3.63, 3.8) is 0 Å². The Morgan fingerprint density at radius 2 is 2.25 bits per heavy atom. The molecule has 1 atom stereocenters. The molecule has 0 unspecified atom stereocenters. The molecule has 1 aliphatic heterocycles. The Balaban J connectivity index is 1.63. The third kappa shape index (κ3) is 3.66. The molecule has 1 fully saturated rings. The number of rotatable bonds is 4. The van der Waals surface area contributed by atoms with Gasteiger partial charge >= 0.3 is 0 Å². The molecule has 24 heavy (non-hydrogen) atoms. The first-order valence-electron chi connectivity index (χ1n) is 7.73. The molecule has 0 spiro atoms. The van der Waals surface area contributed by atoms with Crippen molar-refractivity contribution in [1.82, 2.24) is 10.3 Å². The topological polar surface area (TPSA) is 71.2 Å². The lowest BCUT2D eigenvalue weighted by molar-refractivity contribution is 0.0934. The van der Waals surface area contributed by atoms with E-state index in [4.69, 9.17) is 17.3 Å². The van der Waals surface area contributed by atoms with Crippen LogP contribution in [0.4, 0.5) is 10.1 Å². The van der Waals surface area contributed by atoms with Gasteiger partial charge in [0.05, 0.1) is 0 Å². The number of halogens is 2. The largest absolute Gasteiger partial charge is 0.369 e. The van der Waals surface area contributed by atoms with Gasteiger partial charge in [0.25, 0.3) is 5.91 Å². The number of nitrogens with one attached hydrogen (secondary N) is 1. The molecule has 1 aromatic carbocycles. The van der Waals surface area contributed by atoms with Crippen molar-refractivity contribution in [1.29, 1.82) is 0 Å². The third-order valence-corrected chi connectivity index (χ3v) is 4.44. The quantitative estimate of drug-likeness (QED) is 0.832. The van der Waals surface area contributed by atoms with E-state index < -0.39 is 5.95 Å². The molecule has 0 saturated carbocycles. The summed E-state index contributed by atoms with van der Waals surface area (Å²) in [6.45, 7) is 1.87. The Morgan fingerprint density at radius 3 is 2.96 bits per heavy atom. The highest BCUT2D eigenvalue weighted by Crippen LogP contribution is 2.26. The molecule has 126 valence electrons. The minimum absolute atomic E-state index is 0.0180. The van der Waals surface area contributed by atoms with E-state index in [1.165, 1.54) is 18.2 Å². The molecular weight excluding hydrogens is 331 g/mol. The maximum atomic E-state index is 13.1. The monoisotopic (exact) mass is 348 g/mol. The SMILES string of the molecule is NCc1ccc(N2CC[C@@H](NC(=O)c3cccc(F)n3)C2)cc1Cl. The Bertz CT molecular complexity index is 755. The van der Waals surface area contributed by atoms with Crippen molar-refractivity contribution in [2.75, 3.05) is 18.0 Å². The molecular formula is C17H18ClFN4O. The van der Waals surface area contributed by atoms with Crippen LogP contribution < -0.4 is 16.0 Å². The number of hydrogen-bond acceptors (Lipinski definition) is 4. The number of hydrogen-bond donors (Lipinski definition) is 2. The zero-order valence-electron chi connectivity index (χ0n) is 13.0. The molecule has 5 nitrogen and oxygen atoms in total. The first-order chi connectivity index (χ1) is 11.6. The van der Waals surface area contributed by atoms with Gasteiger partial charge in [-0.1, -0.05) is 23.7 Å². The van der Waals surface area contributed by atoms with Crippen LogP contribution >= 0.6 is 11.6 Å². The van der Waals surface area contributed by atoms with Gasteiger partial charge in [-0.2, -0.15) is 4.39 Å². The minimum Gasteiger partial charge on any atom is -0.369 e. The standard InChI is InChI=1S/C17H18ClFN4O/c18-14-8-13(5-4-11(14)9-20)23-7-6-12(10-23)21-17(24)15-2-1-3-16(19)22-15/h1-5,8,12H,6-7,9-10,20H2,(H,21,24)/t12-/m1/s1. The fraction of sp³-hybridized carbons (Fsp3) is 0.294. The van der Waals surface area contributed by atoms with E-state index in [1.807, 2.05) is 18.2 Å². The predicted molar refractivity (Wildman–Crippen MR) is 91.6 cm³/mol.